The molecule has 3 aromatic rings. The molecule has 13 atom stereocenters. The van der Waals surface area contributed by atoms with Crippen LogP contribution in [0, 0.1) is 0 Å². The van der Waals surface area contributed by atoms with Crippen LogP contribution in [0.25, 0.3) is 0 Å². The minimum atomic E-state index is -0.808. The first kappa shape index (κ1) is 65.6. The Labute approximate surface area is 457 Å². The predicted molar refractivity (Wildman–Crippen MR) is 295 cm³/mol. The van der Waals surface area contributed by atoms with Gasteiger partial charge in [-0.3, -0.25) is 0 Å². The first-order chi connectivity index (χ1) is 36.3. The highest BCUT2D eigenvalue weighted by atomic mass is 16.7. The van der Waals surface area contributed by atoms with Crippen LogP contribution in [0.2, 0.25) is 0 Å². The van der Waals surface area contributed by atoms with Gasteiger partial charge in [-0.1, -0.05) is 91.0 Å². The molecular formula is C61H98O15. The summed E-state index contributed by atoms with van der Waals surface area (Å²) in [6.45, 7) is 34.1. The summed E-state index contributed by atoms with van der Waals surface area (Å²) in [5, 5.41) is 0. The lowest BCUT2D eigenvalue weighted by molar-refractivity contribution is -0.149. The molecule has 4 rings (SSSR count). The van der Waals surface area contributed by atoms with Crippen LogP contribution >= 0.6 is 0 Å². The average Bonchev–Trinajstić information content (AvgIpc) is 3.77. The molecule has 3 aromatic carbocycles. The Bertz CT molecular complexity index is 1800. The van der Waals surface area contributed by atoms with Crippen LogP contribution in [0.1, 0.15) is 114 Å². The highest BCUT2D eigenvalue weighted by Crippen LogP contribution is 2.41. The molecule has 76 heavy (non-hydrogen) atoms. The fourth-order valence-electron chi connectivity index (χ4n) is 8.28. The Morgan fingerprint density at radius 1 is 0.382 bits per heavy atom. The lowest BCUT2D eigenvalue weighted by Crippen LogP contribution is -2.38. The zero-order valence-corrected chi connectivity index (χ0v) is 48.7. The van der Waals surface area contributed by atoms with E-state index in [1.54, 1.807) is 0 Å². The largest absolute Gasteiger partial charge is 0.376 e. The molecule has 1 aliphatic heterocycles. The summed E-state index contributed by atoms with van der Waals surface area (Å²) >= 11 is 0. The molecule has 0 bridgehead atoms. The molecular weight excluding hydrogens is 973 g/mol. The van der Waals surface area contributed by atoms with Gasteiger partial charge in [0.15, 0.2) is 5.79 Å². The molecule has 0 radical (unpaired) electrons. The minimum absolute atomic E-state index is 0.0563. The van der Waals surface area contributed by atoms with E-state index < -0.39 is 11.4 Å². The molecule has 0 aromatic heterocycles. The maximum atomic E-state index is 7.03. The molecule has 13 unspecified atom stereocenters. The van der Waals surface area contributed by atoms with E-state index >= 15 is 0 Å². The summed E-state index contributed by atoms with van der Waals surface area (Å²) in [4.78, 5) is 0. The maximum Gasteiger partial charge on any atom is 0.163 e. The van der Waals surface area contributed by atoms with Gasteiger partial charge in [0.05, 0.1) is 166 Å². The Morgan fingerprint density at radius 2 is 0.658 bits per heavy atom. The van der Waals surface area contributed by atoms with Crippen molar-refractivity contribution in [2.75, 3.05) is 92.5 Å². The summed E-state index contributed by atoms with van der Waals surface area (Å²) < 4.78 is 90.7. The average molecular weight is 1070 g/mol. The van der Waals surface area contributed by atoms with Crippen molar-refractivity contribution in [2.45, 2.75) is 188 Å². The Kier molecular flexibility index (Phi) is 30.7. The Balaban J connectivity index is 0.978. The van der Waals surface area contributed by atoms with Crippen LogP contribution < -0.4 is 0 Å². The van der Waals surface area contributed by atoms with Gasteiger partial charge in [-0.15, -0.1) is 0 Å². The summed E-state index contributed by atoms with van der Waals surface area (Å²) in [7, 11) is 0. The number of ether oxygens (including phenoxy) is 15. The van der Waals surface area contributed by atoms with E-state index in [-0.39, 0.29) is 79.4 Å². The number of benzene rings is 3. The molecule has 0 amide bonds. The molecule has 0 N–H and O–H groups in total. The Morgan fingerprint density at radius 3 is 0.961 bits per heavy atom. The van der Waals surface area contributed by atoms with Crippen molar-refractivity contribution >= 4 is 0 Å². The third-order valence-electron chi connectivity index (χ3n) is 12.4. The highest BCUT2D eigenvalue weighted by Gasteiger charge is 2.39. The second kappa shape index (κ2) is 35.6. The molecule has 432 valence electrons. The predicted octanol–water partition coefficient (Wildman–Crippen LogP) is 10.0. The van der Waals surface area contributed by atoms with Crippen LogP contribution in [0.4, 0.5) is 0 Å². The maximum absolute atomic E-state index is 7.03. The van der Waals surface area contributed by atoms with E-state index in [0.29, 0.717) is 92.5 Å². The quantitative estimate of drug-likeness (QED) is 0.0497. The second-order valence-electron chi connectivity index (χ2n) is 21.3. The van der Waals surface area contributed by atoms with Gasteiger partial charge in [0.25, 0.3) is 0 Å². The first-order valence-electron chi connectivity index (χ1n) is 27.8. The standard InChI is InChI=1S/C61H98O15/c1-44(30-62-32-46(3)72-42-59-43-73-60(13,14)76-59)64-34-47(4)66-36-49(6)67-37-50(7)69-39-52(9)71-41-54(11)74-53(10)40-70-51(8)38-68-48(5)35-65-45(2)31-63-33-55(12)75-61(56-24-18-15-19-25-56,57-26-20-16-21-27-57)58-28-22-17-23-29-58/h15-29,44-55,59H,30-43H2,1-14H3. The Hall–Kier alpha value is -2.94. The fraction of sp³-hybridized carbons (Fsp3) is 0.705. The molecule has 0 saturated carbocycles. The van der Waals surface area contributed by atoms with E-state index in [0.717, 1.165) is 16.7 Å². The summed E-state index contributed by atoms with van der Waals surface area (Å²) in [6.07, 6.45) is -1.43. The van der Waals surface area contributed by atoms with Crippen molar-refractivity contribution in [3.63, 3.8) is 0 Å². The van der Waals surface area contributed by atoms with E-state index in [1.165, 1.54) is 0 Å². The lowest BCUT2D eigenvalue weighted by Gasteiger charge is -2.38. The molecule has 1 saturated heterocycles. The van der Waals surface area contributed by atoms with Crippen molar-refractivity contribution in [1.82, 2.24) is 0 Å². The second-order valence-corrected chi connectivity index (χ2v) is 21.3. The van der Waals surface area contributed by atoms with Gasteiger partial charge >= 0.3 is 0 Å². The zero-order chi connectivity index (χ0) is 55.4. The number of hydrogen-bond donors (Lipinski definition) is 0. The van der Waals surface area contributed by atoms with E-state index in [4.69, 9.17) is 71.1 Å². The molecule has 15 nitrogen and oxygen atoms in total. The van der Waals surface area contributed by atoms with Crippen LogP contribution in [-0.4, -0.2) is 178 Å². The molecule has 1 fully saturated rings. The van der Waals surface area contributed by atoms with Gasteiger partial charge in [-0.25, -0.2) is 0 Å². The lowest BCUT2D eigenvalue weighted by atomic mass is 9.80. The van der Waals surface area contributed by atoms with Crippen molar-refractivity contribution < 1.29 is 71.1 Å². The molecule has 1 aliphatic rings. The third kappa shape index (κ3) is 25.9. The van der Waals surface area contributed by atoms with Crippen LogP contribution in [0.5, 0.6) is 0 Å². The number of hydrogen-bond acceptors (Lipinski definition) is 15. The van der Waals surface area contributed by atoms with Crippen molar-refractivity contribution in [3.8, 4) is 0 Å². The highest BCUT2D eigenvalue weighted by molar-refractivity contribution is 5.47. The summed E-state index contributed by atoms with van der Waals surface area (Å²) in [5.41, 5.74) is 2.36. The topological polar surface area (TPSA) is 138 Å². The van der Waals surface area contributed by atoms with Gasteiger partial charge < -0.3 is 71.1 Å². The van der Waals surface area contributed by atoms with Crippen LogP contribution in [0.3, 0.4) is 0 Å². The SMILES string of the molecule is CC(COCC(C)OCC1COC(C)(C)O1)OCC(C)OCC(C)OCC(C)OCC(C)OCC(C)OC(C)COC(C)COC(C)COC(C)COCC(C)OC(c1ccccc1)(c1ccccc1)c1ccccc1. The van der Waals surface area contributed by atoms with E-state index in [2.05, 4.69) is 79.7 Å². The smallest absolute Gasteiger partial charge is 0.163 e. The van der Waals surface area contributed by atoms with Gasteiger partial charge in [-0.05, 0) is 114 Å². The van der Waals surface area contributed by atoms with Crippen molar-refractivity contribution in [3.05, 3.63) is 108 Å². The van der Waals surface area contributed by atoms with Gasteiger partial charge in [0.2, 0.25) is 0 Å². The van der Waals surface area contributed by atoms with Crippen LogP contribution in [-0.2, 0) is 76.7 Å². The minimum Gasteiger partial charge on any atom is -0.376 e. The van der Waals surface area contributed by atoms with Crippen LogP contribution in [0.15, 0.2) is 91.0 Å². The van der Waals surface area contributed by atoms with Crippen molar-refractivity contribution in [1.29, 1.82) is 0 Å². The summed E-state index contributed by atoms with van der Waals surface area (Å²) in [5.74, 6) is -0.549. The van der Waals surface area contributed by atoms with Gasteiger partial charge in [0.1, 0.15) is 11.7 Å². The van der Waals surface area contributed by atoms with Gasteiger partial charge in [0, 0.05) is 0 Å². The molecule has 0 aliphatic carbocycles. The van der Waals surface area contributed by atoms with Gasteiger partial charge in [-0.2, -0.15) is 0 Å². The molecule has 0 spiro atoms. The van der Waals surface area contributed by atoms with E-state index in [1.807, 2.05) is 108 Å². The first-order valence-corrected chi connectivity index (χ1v) is 27.8. The third-order valence-corrected chi connectivity index (χ3v) is 12.4. The molecule has 1 heterocycles. The summed E-state index contributed by atoms with van der Waals surface area (Å²) in [6, 6.07) is 31.1. The zero-order valence-electron chi connectivity index (χ0n) is 48.7. The fourth-order valence-corrected chi connectivity index (χ4v) is 8.28. The molecule has 15 heteroatoms. The monoisotopic (exact) mass is 1070 g/mol. The van der Waals surface area contributed by atoms with E-state index in [9.17, 15) is 0 Å². The van der Waals surface area contributed by atoms with Crippen molar-refractivity contribution in [2.24, 2.45) is 0 Å². The normalized spacial score (nSPS) is 19.7. The number of rotatable bonds is 42.